The van der Waals surface area contributed by atoms with Crippen molar-refractivity contribution >= 4 is 16.6 Å². The van der Waals surface area contributed by atoms with Gasteiger partial charge in [-0.25, -0.2) is 0 Å². The highest BCUT2D eigenvalue weighted by Gasteiger charge is 2.54. The molecular formula is C23H24O. The van der Waals surface area contributed by atoms with E-state index in [-0.39, 0.29) is 5.41 Å². The van der Waals surface area contributed by atoms with Crippen LogP contribution in [-0.2, 0) is 12.8 Å². The molecule has 122 valence electrons. The van der Waals surface area contributed by atoms with Crippen LogP contribution in [-0.4, -0.2) is 5.78 Å². The Bertz CT molecular complexity index is 875. The molecule has 0 aliphatic heterocycles. The van der Waals surface area contributed by atoms with Crippen LogP contribution in [0.2, 0.25) is 0 Å². The average molecular weight is 316 g/mol. The second kappa shape index (κ2) is 5.05. The van der Waals surface area contributed by atoms with Crippen LogP contribution in [0, 0.1) is 17.3 Å². The van der Waals surface area contributed by atoms with Gasteiger partial charge >= 0.3 is 0 Å². The summed E-state index contributed by atoms with van der Waals surface area (Å²) in [6.45, 7) is 2.22. The molecule has 2 bridgehead atoms. The van der Waals surface area contributed by atoms with Crippen LogP contribution in [0.25, 0.3) is 10.8 Å². The number of hydrogen-bond donors (Lipinski definition) is 0. The van der Waals surface area contributed by atoms with E-state index in [2.05, 4.69) is 49.4 Å². The van der Waals surface area contributed by atoms with Gasteiger partial charge in [0.25, 0.3) is 0 Å². The largest absolute Gasteiger partial charge is 0.294 e. The minimum absolute atomic E-state index is 0.0811. The van der Waals surface area contributed by atoms with E-state index >= 15 is 0 Å². The number of benzene rings is 2. The Balaban J connectivity index is 1.60. The van der Waals surface area contributed by atoms with E-state index in [1.54, 1.807) is 0 Å². The molecule has 3 aliphatic carbocycles. The fourth-order valence-electron chi connectivity index (χ4n) is 5.50. The summed E-state index contributed by atoms with van der Waals surface area (Å²) in [5, 5.41) is 2.52. The van der Waals surface area contributed by atoms with Gasteiger partial charge in [0.05, 0.1) is 0 Å². The van der Waals surface area contributed by atoms with E-state index in [9.17, 15) is 4.79 Å². The number of hydrogen-bond acceptors (Lipinski definition) is 1. The number of carbonyl (C=O) groups excluding carboxylic acids is 1. The summed E-state index contributed by atoms with van der Waals surface area (Å²) in [5.41, 5.74) is 3.61. The lowest BCUT2D eigenvalue weighted by atomic mass is 9.63. The van der Waals surface area contributed by atoms with Crippen LogP contribution in [0.3, 0.4) is 0 Å². The molecule has 2 aromatic rings. The standard InChI is InChI=1S/C23H24O/c1-2-3-15-4-6-17-13-21-18(12-19(17)10-15)8-9-23(22(21)24)14-16-5-7-20(23)11-16/h4-7,10,12-13,16,20H,2-3,8-9,11,14H2,1H3. The molecule has 1 fully saturated rings. The summed E-state index contributed by atoms with van der Waals surface area (Å²) in [6, 6.07) is 11.2. The molecule has 1 spiro atoms. The second-order valence-corrected chi connectivity index (χ2v) is 8.12. The number of allylic oxidation sites excluding steroid dienone is 2. The molecule has 0 amide bonds. The second-order valence-electron chi connectivity index (χ2n) is 8.12. The molecule has 1 saturated carbocycles. The summed E-state index contributed by atoms with van der Waals surface area (Å²) in [4.78, 5) is 13.4. The van der Waals surface area contributed by atoms with Gasteiger partial charge < -0.3 is 0 Å². The van der Waals surface area contributed by atoms with Crippen LogP contribution in [0.4, 0.5) is 0 Å². The van der Waals surface area contributed by atoms with Crippen LogP contribution >= 0.6 is 0 Å². The van der Waals surface area contributed by atoms with Crippen molar-refractivity contribution < 1.29 is 4.79 Å². The van der Waals surface area contributed by atoms with Crippen molar-refractivity contribution in [1.29, 1.82) is 0 Å². The smallest absolute Gasteiger partial charge is 0.169 e. The topological polar surface area (TPSA) is 17.1 Å². The Hall–Kier alpha value is -1.89. The molecule has 1 heteroatoms. The zero-order valence-corrected chi connectivity index (χ0v) is 14.3. The SMILES string of the molecule is CCCc1ccc2cc3c(cc2c1)CCC1(CC2C=CC1C2)C3=O. The van der Waals surface area contributed by atoms with Gasteiger partial charge in [-0.05, 0) is 71.9 Å². The Morgan fingerprint density at radius 2 is 2.04 bits per heavy atom. The Morgan fingerprint density at radius 1 is 1.12 bits per heavy atom. The lowest BCUT2D eigenvalue weighted by Gasteiger charge is -2.38. The van der Waals surface area contributed by atoms with Crippen molar-refractivity contribution in [3.05, 3.63) is 59.2 Å². The van der Waals surface area contributed by atoms with Crippen molar-refractivity contribution in [2.45, 2.75) is 45.4 Å². The van der Waals surface area contributed by atoms with E-state index in [1.807, 2.05) is 0 Å². The third kappa shape index (κ3) is 1.90. The van der Waals surface area contributed by atoms with Gasteiger partial charge in [0, 0.05) is 11.0 Å². The van der Waals surface area contributed by atoms with Gasteiger partial charge in [-0.15, -0.1) is 0 Å². The highest BCUT2D eigenvalue weighted by molar-refractivity contribution is 6.06. The molecule has 24 heavy (non-hydrogen) atoms. The fourth-order valence-corrected chi connectivity index (χ4v) is 5.50. The van der Waals surface area contributed by atoms with E-state index in [0.717, 1.165) is 31.2 Å². The zero-order chi connectivity index (χ0) is 16.3. The first-order valence-electron chi connectivity index (χ1n) is 9.48. The van der Waals surface area contributed by atoms with Crippen molar-refractivity contribution in [1.82, 2.24) is 0 Å². The molecule has 3 unspecified atom stereocenters. The predicted octanol–water partition coefficient (Wildman–Crippen LogP) is 5.50. The van der Waals surface area contributed by atoms with Crippen LogP contribution < -0.4 is 0 Å². The van der Waals surface area contributed by atoms with Crippen molar-refractivity contribution in [2.75, 3.05) is 0 Å². The van der Waals surface area contributed by atoms with Gasteiger partial charge in [0.2, 0.25) is 0 Å². The van der Waals surface area contributed by atoms with Gasteiger partial charge in [-0.2, -0.15) is 0 Å². The number of rotatable bonds is 2. The summed E-state index contributed by atoms with van der Waals surface area (Å²) < 4.78 is 0. The lowest BCUT2D eigenvalue weighted by Crippen LogP contribution is -2.39. The highest BCUT2D eigenvalue weighted by Crippen LogP contribution is 2.57. The van der Waals surface area contributed by atoms with Crippen LogP contribution in [0.5, 0.6) is 0 Å². The van der Waals surface area contributed by atoms with Crippen molar-refractivity contribution in [3.63, 3.8) is 0 Å². The maximum absolute atomic E-state index is 13.4. The molecule has 0 radical (unpaired) electrons. The molecule has 0 saturated heterocycles. The van der Waals surface area contributed by atoms with Gasteiger partial charge in [0.15, 0.2) is 5.78 Å². The maximum atomic E-state index is 13.4. The van der Waals surface area contributed by atoms with Crippen LogP contribution in [0.1, 0.15) is 54.1 Å². The minimum atomic E-state index is -0.0811. The van der Waals surface area contributed by atoms with E-state index in [1.165, 1.54) is 34.7 Å². The van der Waals surface area contributed by atoms with E-state index in [0.29, 0.717) is 17.6 Å². The molecule has 0 heterocycles. The Kier molecular flexibility index (Phi) is 3.04. The molecule has 3 aliphatic rings. The first kappa shape index (κ1) is 14.5. The summed E-state index contributed by atoms with van der Waals surface area (Å²) >= 11 is 0. The number of aryl methyl sites for hydroxylation is 2. The third-order valence-electron chi connectivity index (χ3n) is 6.71. The molecule has 2 aromatic carbocycles. The average Bonchev–Trinajstić information content (AvgIpc) is 3.19. The molecular weight excluding hydrogens is 292 g/mol. The van der Waals surface area contributed by atoms with E-state index < -0.39 is 0 Å². The quantitative estimate of drug-likeness (QED) is 0.668. The number of carbonyl (C=O) groups is 1. The van der Waals surface area contributed by atoms with Crippen LogP contribution in [0.15, 0.2) is 42.5 Å². The molecule has 1 nitrogen and oxygen atoms in total. The minimum Gasteiger partial charge on any atom is -0.294 e. The first-order chi connectivity index (χ1) is 11.7. The Morgan fingerprint density at radius 3 is 2.79 bits per heavy atom. The monoisotopic (exact) mass is 316 g/mol. The Labute approximate surface area is 143 Å². The van der Waals surface area contributed by atoms with Gasteiger partial charge in [0.1, 0.15) is 0 Å². The first-order valence-corrected chi connectivity index (χ1v) is 9.48. The summed E-state index contributed by atoms with van der Waals surface area (Å²) in [5.74, 6) is 1.57. The number of ketones is 1. The van der Waals surface area contributed by atoms with Crippen molar-refractivity contribution in [2.24, 2.45) is 17.3 Å². The molecule has 3 atom stereocenters. The zero-order valence-electron chi connectivity index (χ0n) is 14.3. The molecule has 0 N–H and O–H groups in total. The van der Waals surface area contributed by atoms with Crippen molar-refractivity contribution in [3.8, 4) is 0 Å². The lowest BCUT2D eigenvalue weighted by molar-refractivity contribution is 0.0703. The predicted molar refractivity (Wildman–Crippen MR) is 98.4 cm³/mol. The molecule has 5 rings (SSSR count). The fraction of sp³-hybridized carbons (Fsp3) is 0.435. The molecule has 0 aromatic heterocycles. The highest BCUT2D eigenvalue weighted by atomic mass is 16.1. The van der Waals surface area contributed by atoms with E-state index in [4.69, 9.17) is 0 Å². The van der Waals surface area contributed by atoms with Gasteiger partial charge in [-0.3, -0.25) is 4.79 Å². The summed E-state index contributed by atoms with van der Waals surface area (Å²) in [7, 11) is 0. The number of fused-ring (bicyclic) bond motifs is 5. The maximum Gasteiger partial charge on any atom is 0.169 e. The normalized spacial score (nSPS) is 30.5. The van der Waals surface area contributed by atoms with Gasteiger partial charge in [-0.1, -0.05) is 49.8 Å². The summed E-state index contributed by atoms with van der Waals surface area (Å²) in [6.07, 6.45) is 11.4. The number of Topliss-reactive ketones (excluding diaryl/α,β-unsaturated/α-hetero) is 1. The third-order valence-corrected chi connectivity index (χ3v) is 6.71.